The number of nitrogens with one attached hydrogen (secondary N) is 1. The Hall–Kier alpha value is -0.320. The van der Waals surface area contributed by atoms with E-state index in [1.807, 2.05) is 11.8 Å². The summed E-state index contributed by atoms with van der Waals surface area (Å²) in [6.07, 6.45) is 2.30. The molecule has 2 rings (SSSR count). The average Bonchev–Trinajstić information content (AvgIpc) is 2.81. The Bertz CT molecular complexity index is 318. The van der Waals surface area contributed by atoms with Gasteiger partial charge in [-0.15, -0.1) is 0 Å². The van der Waals surface area contributed by atoms with E-state index >= 15 is 0 Å². The molecule has 1 aliphatic heterocycles. The summed E-state index contributed by atoms with van der Waals surface area (Å²) in [6.45, 7) is 1.05. The number of hydrogen-bond acceptors (Lipinski definition) is 4. The molecule has 88 valence electrons. The summed E-state index contributed by atoms with van der Waals surface area (Å²) in [5.74, 6) is 2.66. The zero-order valence-corrected chi connectivity index (χ0v) is 10.9. The third-order valence-electron chi connectivity index (χ3n) is 2.75. The number of carbonyl (C=O) groups excluding carboxylic acids is 1. The Balaban J connectivity index is 1.67. The third-order valence-corrected chi connectivity index (χ3v) is 4.61. The second kappa shape index (κ2) is 6.42. The monoisotopic (exact) mass is 255 g/mol. The Kier molecular flexibility index (Phi) is 4.88. The highest BCUT2D eigenvalue weighted by molar-refractivity contribution is 7.99. The minimum absolute atomic E-state index is 0.395. The van der Waals surface area contributed by atoms with Crippen molar-refractivity contribution in [3.05, 3.63) is 22.4 Å². The molecule has 0 bridgehead atoms. The van der Waals surface area contributed by atoms with Gasteiger partial charge in [0.1, 0.15) is 5.78 Å². The van der Waals surface area contributed by atoms with Crippen molar-refractivity contribution in [2.45, 2.75) is 25.3 Å². The lowest BCUT2D eigenvalue weighted by atomic mass is 10.1. The molecule has 0 aromatic carbocycles. The molecule has 1 aromatic heterocycles. The van der Waals surface area contributed by atoms with Gasteiger partial charge in [-0.05, 0) is 28.8 Å². The number of hydrogen-bond donors (Lipinski definition) is 1. The smallest absolute Gasteiger partial charge is 0.134 e. The predicted molar refractivity (Wildman–Crippen MR) is 71.4 cm³/mol. The van der Waals surface area contributed by atoms with Crippen LogP contribution in [0.25, 0.3) is 0 Å². The van der Waals surface area contributed by atoms with Gasteiger partial charge in [-0.3, -0.25) is 4.79 Å². The maximum Gasteiger partial charge on any atom is 0.134 e. The second-order valence-corrected chi connectivity index (χ2v) is 6.03. The first-order valence-electron chi connectivity index (χ1n) is 5.68. The summed E-state index contributed by atoms with van der Waals surface area (Å²) in [5, 5.41) is 7.60. The van der Waals surface area contributed by atoms with Gasteiger partial charge in [0.05, 0.1) is 0 Å². The van der Waals surface area contributed by atoms with Crippen LogP contribution in [0.5, 0.6) is 0 Å². The molecule has 2 nitrogen and oxygen atoms in total. The number of thioether (sulfide) groups is 1. The van der Waals surface area contributed by atoms with Crippen molar-refractivity contribution in [1.82, 2.24) is 5.32 Å². The topological polar surface area (TPSA) is 29.1 Å². The Labute approximate surface area is 105 Å². The summed E-state index contributed by atoms with van der Waals surface area (Å²) in [4.78, 5) is 11.8. The van der Waals surface area contributed by atoms with Crippen LogP contribution < -0.4 is 5.32 Å². The van der Waals surface area contributed by atoms with E-state index in [1.54, 1.807) is 11.3 Å². The maximum atomic E-state index is 11.8. The van der Waals surface area contributed by atoms with Crippen LogP contribution in [0.2, 0.25) is 0 Å². The lowest BCUT2D eigenvalue weighted by Gasteiger charge is -2.22. The van der Waals surface area contributed by atoms with Crippen molar-refractivity contribution in [3.8, 4) is 0 Å². The first-order chi connectivity index (χ1) is 7.84. The number of carbonyl (C=O) groups is 1. The van der Waals surface area contributed by atoms with Crippen molar-refractivity contribution < 1.29 is 4.79 Å². The van der Waals surface area contributed by atoms with E-state index in [9.17, 15) is 4.79 Å². The van der Waals surface area contributed by atoms with Crippen LogP contribution in [0.1, 0.15) is 18.4 Å². The van der Waals surface area contributed by atoms with Crippen LogP contribution >= 0.6 is 23.1 Å². The van der Waals surface area contributed by atoms with Gasteiger partial charge in [-0.25, -0.2) is 0 Å². The fourth-order valence-electron chi connectivity index (χ4n) is 1.85. The summed E-state index contributed by atoms with van der Waals surface area (Å²) in [6, 6.07) is 2.51. The Morgan fingerprint density at radius 3 is 3.19 bits per heavy atom. The SMILES string of the molecule is O=C(CCc1ccsc1)CC1CSCCN1. The number of aryl methyl sites for hydroxylation is 1. The molecule has 1 fully saturated rings. The molecule has 1 unspecified atom stereocenters. The zero-order valence-electron chi connectivity index (χ0n) is 9.28. The normalized spacial score (nSPS) is 20.9. The van der Waals surface area contributed by atoms with Gasteiger partial charge in [0.25, 0.3) is 0 Å². The molecule has 1 N–H and O–H groups in total. The van der Waals surface area contributed by atoms with E-state index in [2.05, 4.69) is 22.1 Å². The van der Waals surface area contributed by atoms with Gasteiger partial charge >= 0.3 is 0 Å². The summed E-state index contributed by atoms with van der Waals surface area (Å²) >= 11 is 3.65. The van der Waals surface area contributed by atoms with E-state index < -0.39 is 0 Å². The van der Waals surface area contributed by atoms with Crippen molar-refractivity contribution in [3.63, 3.8) is 0 Å². The van der Waals surface area contributed by atoms with Gasteiger partial charge in [0.2, 0.25) is 0 Å². The molecular formula is C12H17NOS2. The summed E-state index contributed by atoms with van der Waals surface area (Å²) < 4.78 is 0. The van der Waals surface area contributed by atoms with Crippen LogP contribution in [0.15, 0.2) is 16.8 Å². The highest BCUT2D eigenvalue weighted by atomic mass is 32.2. The largest absolute Gasteiger partial charge is 0.312 e. The summed E-state index contributed by atoms with van der Waals surface area (Å²) in [7, 11) is 0. The summed E-state index contributed by atoms with van der Waals surface area (Å²) in [5.41, 5.74) is 1.30. The molecule has 4 heteroatoms. The molecule has 16 heavy (non-hydrogen) atoms. The van der Waals surface area contributed by atoms with Crippen LogP contribution in [0.4, 0.5) is 0 Å². The molecule has 0 spiro atoms. The van der Waals surface area contributed by atoms with E-state index in [0.717, 1.165) is 18.7 Å². The first-order valence-corrected chi connectivity index (χ1v) is 7.78. The van der Waals surface area contributed by atoms with Crippen molar-refractivity contribution in [1.29, 1.82) is 0 Å². The number of ketones is 1. The first kappa shape index (κ1) is 12.1. The number of rotatable bonds is 5. The van der Waals surface area contributed by atoms with Gasteiger partial charge in [0, 0.05) is 36.9 Å². The molecule has 0 aliphatic carbocycles. The fourth-order valence-corrected chi connectivity index (χ4v) is 3.50. The average molecular weight is 255 g/mol. The second-order valence-electron chi connectivity index (χ2n) is 4.10. The van der Waals surface area contributed by atoms with Gasteiger partial charge in [-0.1, -0.05) is 0 Å². The number of thiophene rings is 1. The van der Waals surface area contributed by atoms with Crippen LogP contribution in [0.3, 0.4) is 0 Å². The molecule has 1 aromatic rings. The predicted octanol–water partition coefficient (Wildman–Crippen LogP) is 2.34. The van der Waals surface area contributed by atoms with Gasteiger partial charge in [0.15, 0.2) is 0 Å². The van der Waals surface area contributed by atoms with Crippen LogP contribution in [-0.4, -0.2) is 29.9 Å². The molecule has 2 heterocycles. The highest BCUT2D eigenvalue weighted by Gasteiger charge is 2.16. The van der Waals surface area contributed by atoms with E-state index in [0.29, 0.717) is 24.7 Å². The Morgan fingerprint density at radius 1 is 1.56 bits per heavy atom. The molecule has 1 atom stereocenters. The van der Waals surface area contributed by atoms with Crippen molar-refractivity contribution >= 4 is 28.9 Å². The Morgan fingerprint density at radius 2 is 2.50 bits per heavy atom. The molecule has 0 amide bonds. The van der Waals surface area contributed by atoms with E-state index in [4.69, 9.17) is 0 Å². The molecule has 1 saturated heterocycles. The lowest BCUT2D eigenvalue weighted by Crippen LogP contribution is -2.38. The minimum Gasteiger partial charge on any atom is -0.312 e. The molecular weight excluding hydrogens is 238 g/mol. The van der Waals surface area contributed by atoms with Crippen molar-refractivity contribution in [2.75, 3.05) is 18.1 Å². The lowest BCUT2D eigenvalue weighted by molar-refractivity contribution is -0.119. The van der Waals surface area contributed by atoms with Crippen LogP contribution in [-0.2, 0) is 11.2 Å². The van der Waals surface area contributed by atoms with Crippen molar-refractivity contribution in [2.24, 2.45) is 0 Å². The number of Topliss-reactive ketones (excluding diaryl/α,β-unsaturated/α-hetero) is 1. The van der Waals surface area contributed by atoms with E-state index in [-0.39, 0.29) is 0 Å². The standard InChI is InChI=1S/C12H17NOS2/c14-12(2-1-10-3-5-15-8-10)7-11-9-16-6-4-13-11/h3,5,8,11,13H,1-2,4,6-7,9H2. The zero-order chi connectivity index (χ0) is 11.2. The third kappa shape index (κ3) is 3.92. The highest BCUT2D eigenvalue weighted by Crippen LogP contribution is 2.13. The molecule has 0 saturated carbocycles. The van der Waals surface area contributed by atoms with Gasteiger partial charge in [-0.2, -0.15) is 23.1 Å². The van der Waals surface area contributed by atoms with Crippen LogP contribution in [0, 0.1) is 0 Å². The van der Waals surface area contributed by atoms with Gasteiger partial charge < -0.3 is 5.32 Å². The molecule has 1 aliphatic rings. The maximum absolute atomic E-state index is 11.8. The fraction of sp³-hybridized carbons (Fsp3) is 0.583. The minimum atomic E-state index is 0.395. The quantitative estimate of drug-likeness (QED) is 0.875. The molecule has 0 radical (unpaired) electrons. The van der Waals surface area contributed by atoms with E-state index in [1.165, 1.54) is 11.3 Å².